The SMILES string of the molecule is c1ccc(-c2ccc(-c3nc(-c4ccc(-c5c6ccccc6cc6c5ccc5ccccc56)cc4)nc(-c4ccc5c(c4)-c4ccccc4C54c5ccccc5-c5ccccc54)n3)cc2)cc1. The van der Waals surface area contributed by atoms with Crippen molar-refractivity contribution < 1.29 is 0 Å². The Morgan fingerprint density at radius 2 is 0.687 bits per heavy atom. The van der Waals surface area contributed by atoms with Crippen LogP contribution in [0.4, 0.5) is 0 Å². The molecule has 0 fully saturated rings. The molecule has 0 unspecified atom stereocenters. The molecule has 1 aromatic heterocycles. The summed E-state index contributed by atoms with van der Waals surface area (Å²) in [6.45, 7) is 0. The highest BCUT2D eigenvalue weighted by molar-refractivity contribution is 6.20. The number of fused-ring (bicyclic) bond motifs is 14. The van der Waals surface area contributed by atoms with Crippen molar-refractivity contribution in [3.63, 3.8) is 0 Å². The van der Waals surface area contributed by atoms with Gasteiger partial charge in [0.05, 0.1) is 5.41 Å². The van der Waals surface area contributed by atoms with E-state index in [4.69, 9.17) is 15.0 Å². The zero-order chi connectivity index (χ0) is 44.1. The van der Waals surface area contributed by atoms with Gasteiger partial charge in [0, 0.05) is 16.7 Å². The smallest absolute Gasteiger partial charge is 0.164 e. The van der Waals surface area contributed by atoms with Gasteiger partial charge in [-0.2, -0.15) is 0 Å². The molecule has 11 aromatic carbocycles. The highest BCUT2D eigenvalue weighted by Gasteiger charge is 2.51. The van der Waals surface area contributed by atoms with Crippen molar-refractivity contribution in [2.75, 3.05) is 0 Å². The summed E-state index contributed by atoms with van der Waals surface area (Å²) >= 11 is 0. The summed E-state index contributed by atoms with van der Waals surface area (Å²) in [4.78, 5) is 15.8. The molecular formula is C64H39N3. The highest BCUT2D eigenvalue weighted by Crippen LogP contribution is 2.63. The van der Waals surface area contributed by atoms with E-state index in [9.17, 15) is 0 Å². The monoisotopic (exact) mass is 849 g/mol. The molecule has 0 amide bonds. The Kier molecular flexibility index (Phi) is 8.20. The summed E-state index contributed by atoms with van der Waals surface area (Å²) in [5, 5.41) is 7.44. The van der Waals surface area contributed by atoms with Crippen molar-refractivity contribution in [2.45, 2.75) is 5.41 Å². The Hall–Kier alpha value is -8.79. The number of aromatic nitrogens is 3. The van der Waals surface area contributed by atoms with Crippen LogP contribution in [0.25, 0.3) is 111 Å². The van der Waals surface area contributed by atoms with Crippen LogP contribution in [0, 0.1) is 0 Å². The van der Waals surface area contributed by atoms with Gasteiger partial charge in [-0.15, -0.1) is 0 Å². The number of nitrogens with zero attached hydrogens (tertiary/aromatic N) is 3. The van der Waals surface area contributed by atoms with Crippen LogP contribution >= 0.6 is 0 Å². The van der Waals surface area contributed by atoms with Crippen molar-refractivity contribution >= 4 is 32.3 Å². The fourth-order valence-corrected chi connectivity index (χ4v) is 11.4. The number of hydrogen-bond acceptors (Lipinski definition) is 3. The second-order valence-electron chi connectivity index (χ2n) is 17.8. The van der Waals surface area contributed by atoms with Crippen LogP contribution < -0.4 is 0 Å². The molecule has 3 heteroatoms. The van der Waals surface area contributed by atoms with E-state index in [0.717, 1.165) is 27.8 Å². The topological polar surface area (TPSA) is 38.7 Å². The van der Waals surface area contributed by atoms with Crippen molar-refractivity contribution in [3.8, 4) is 78.7 Å². The predicted molar refractivity (Wildman–Crippen MR) is 276 cm³/mol. The zero-order valence-electron chi connectivity index (χ0n) is 36.4. The first kappa shape index (κ1) is 37.6. The lowest BCUT2D eigenvalue weighted by Gasteiger charge is -2.30. The third kappa shape index (κ3) is 5.62. The van der Waals surface area contributed by atoms with Gasteiger partial charge < -0.3 is 0 Å². The van der Waals surface area contributed by atoms with Gasteiger partial charge in [0.15, 0.2) is 17.5 Å². The maximum absolute atomic E-state index is 5.32. The molecule has 2 aliphatic carbocycles. The number of hydrogen-bond donors (Lipinski definition) is 0. The normalized spacial score (nSPS) is 12.9. The molecular weight excluding hydrogens is 811 g/mol. The quantitative estimate of drug-likeness (QED) is 0.128. The molecule has 310 valence electrons. The van der Waals surface area contributed by atoms with Gasteiger partial charge in [0.25, 0.3) is 0 Å². The van der Waals surface area contributed by atoms with Crippen molar-refractivity contribution in [2.24, 2.45) is 0 Å². The average molecular weight is 850 g/mol. The molecule has 0 aliphatic heterocycles. The second kappa shape index (κ2) is 14.6. The summed E-state index contributed by atoms with van der Waals surface area (Å²) in [6.07, 6.45) is 0. The summed E-state index contributed by atoms with van der Waals surface area (Å²) in [7, 11) is 0. The molecule has 3 nitrogen and oxygen atoms in total. The van der Waals surface area contributed by atoms with Crippen LogP contribution in [-0.2, 0) is 5.41 Å². The van der Waals surface area contributed by atoms with Crippen LogP contribution in [-0.4, -0.2) is 15.0 Å². The Balaban J connectivity index is 0.934. The molecule has 67 heavy (non-hydrogen) atoms. The van der Waals surface area contributed by atoms with E-state index in [1.165, 1.54) is 88.0 Å². The Labute approximate surface area is 388 Å². The number of benzene rings is 11. The molecule has 0 saturated heterocycles. The minimum atomic E-state index is -0.419. The average Bonchev–Trinajstić information content (AvgIpc) is 3.87. The van der Waals surface area contributed by atoms with E-state index in [0.29, 0.717) is 17.5 Å². The molecule has 0 saturated carbocycles. The van der Waals surface area contributed by atoms with Crippen LogP contribution in [0.3, 0.4) is 0 Å². The Morgan fingerprint density at radius 3 is 1.33 bits per heavy atom. The van der Waals surface area contributed by atoms with Crippen LogP contribution in [0.1, 0.15) is 22.3 Å². The third-order valence-corrected chi connectivity index (χ3v) is 14.3. The molecule has 0 radical (unpaired) electrons. The van der Waals surface area contributed by atoms with Crippen molar-refractivity contribution in [1.82, 2.24) is 15.0 Å². The lowest BCUT2D eigenvalue weighted by atomic mass is 9.70. The maximum Gasteiger partial charge on any atom is 0.164 e. The minimum absolute atomic E-state index is 0.419. The van der Waals surface area contributed by atoms with Gasteiger partial charge in [-0.05, 0) is 111 Å². The lowest BCUT2D eigenvalue weighted by Crippen LogP contribution is -2.25. The summed E-state index contributed by atoms with van der Waals surface area (Å²) in [6, 6.07) is 85.7. The van der Waals surface area contributed by atoms with Gasteiger partial charge in [0.1, 0.15) is 0 Å². The van der Waals surface area contributed by atoms with E-state index >= 15 is 0 Å². The van der Waals surface area contributed by atoms with Crippen LogP contribution in [0.15, 0.2) is 237 Å². The standard InChI is InChI=1S/C64H39N3/c1-2-14-40(15-3-1)41-26-30-44(31-27-41)61-65-62(45-32-28-43(29-33-45)60-49-19-7-5-17-46(49)38-54-48-18-6-4-16-42(48)34-36-53(54)60)67-63(66-61)47-35-37-59-55(39-47)52-22-10-13-25-58(52)64(59)56-23-11-8-20-50(56)51-21-9-12-24-57(51)64/h1-39H. The molecule has 0 N–H and O–H groups in total. The fourth-order valence-electron chi connectivity index (χ4n) is 11.4. The maximum atomic E-state index is 5.32. The Bertz CT molecular complexity index is 3920. The second-order valence-corrected chi connectivity index (χ2v) is 17.8. The first-order chi connectivity index (χ1) is 33.2. The van der Waals surface area contributed by atoms with Gasteiger partial charge in [0.2, 0.25) is 0 Å². The summed E-state index contributed by atoms with van der Waals surface area (Å²) in [5.41, 5.74) is 17.3. The van der Waals surface area contributed by atoms with Crippen LogP contribution in [0.5, 0.6) is 0 Å². The summed E-state index contributed by atoms with van der Waals surface area (Å²) < 4.78 is 0. The highest BCUT2D eigenvalue weighted by atomic mass is 15.0. The van der Waals surface area contributed by atoms with Crippen molar-refractivity contribution in [1.29, 1.82) is 0 Å². The van der Waals surface area contributed by atoms with Crippen molar-refractivity contribution in [3.05, 3.63) is 259 Å². The van der Waals surface area contributed by atoms with Crippen LogP contribution in [0.2, 0.25) is 0 Å². The minimum Gasteiger partial charge on any atom is -0.208 e. The summed E-state index contributed by atoms with van der Waals surface area (Å²) in [5.74, 6) is 1.90. The molecule has 12 aromatic rings. The molecule has 0 atom stereocenters. The predicted octanol–water partition coefficient (Wildman–Crippen LogP) is 16.0. The van der Waals surface area contributed by atoms with Gasteiger partial charge in [-0.25, -0.2) is 15.0 Å². The third-order valence-electron chi connectivity index (χ3n) is 14.3. The zero-order valence-corrected chi connectivity index (χ0v) is 36.4. The van der Waals surface area contributed by atoms with Gasteiger partial charge in [-0.3, -0.25) is 0 Å². The lowest BCUT2D eigenvalue weighted by molar-refractivity contribution is 0.794. The van der Waals surface area contributed by atoms with Gasteiger partial charge in [-0.1, -0.05) is 224 Å². The van der Waals surface area contributed by atoms with Gasteiger partial charge >= 0.3 is 0 Å². The van der Waals surface area contributed by atoms with E-state index in [1.54, 1.807) is 0 Å². The first-order valence-corrected chi connectivity index (χ1v) is 23.0. The van der Waals surface area contributed by atoms with E-state index in [2.05, 4.69) is 231 Å². The molecule has 0 bridgehead atoms. The molecule has 14 rings (SSSR count). The molecule has 1 heterocycles. The Morgan fingerprint density at radius 1 is 0.239 bits per heavy atom. The van der Waals surface area contributed by atoms with E-state index in [1.807, 2.05) is 6.07 Å². The largest absolute Gasteiger partial charge is 0.208 e. The van der Waals surface area contributed by atoms with E-state index < -0.39 is 5.41 Å². The molecule has 2 aliphatic rings. The fraction of sp³-hybridized carbons (Fsp3) is 0.0156. The van der Waals surface area contributed by atoms with E-state index in [-0.39, 0.29) is 0 Å². The molecule has 1 spiro atoms. The first-order valence-electron chi connectivity index (χ1n) is 23.0. The number of rotatable bonds is 5.